The Balaban J connectivity index is 2.20. The number of aromatic nitrogens is 2. The number of imidazole rings is 1. The molecule has 0 amide bonds. The van der Waals surface area contributed by atoms with Crippen LogP contribution in [-0.2, 0) is 11.3 Å². The molecule has 0 N–H and O–H groups in total. The Labute approximate surface area is 121 Å². The van der Waals surface area contributed by atoms with Crippen molar-refractivity contribution in [3.8, 4) is 0 Å². The minimum absolute atomic E-state index is 0.0479. The molecule has 0 fully saturated rings. The van der Waals surface area contributed by atoms with Crippen molar-refractivity contribution in [1.29, 1.82) is 0 Å². The topological polar surface area (TPSA) is 87.3 Å². The smallest absolute Gasteiger partial charge is 0.419 e. The number of hydrogen-bond acceptors (Lipinski definition) is 5. The number of carbonyl (C=O) groups is 1. The van der Waals surface area contributed by atoms with Gasteiger partial charge < -0.3 is 4.74 Å². The molecular formula is C14H15N3O4. The van der Waals surface area contributed by atoms with Gasteiger partial charge in [-0.1, -0.05) is 0 Å². The standard InChI is InChI=1S/C14H15N3O4/c1-9-6-12(13(17(19)20)7-10(9)2)8-21-14(18)16-5-4-15-11(16)3/h4-7H,8H2,1-3H3. The van der Waals surface area contributed by atoms with Gasteiger partial charge in [0.25, 0.3) is 5.69 Å². The lowest BCUT2D eigenvalue weighted by atomic mass is 10.0. The first-order valence-corrected chi connectivity index (χ1v) is 6.31. The highest BCUT2D eigenvalue weighted by atomic mass is 16.6. The number of ether oxygens (including phenoxy) is 1. The van der Waals surface area contributed by atoms with Crippen molar-refractivity contribution >= 4 is 11.8 Å². The van der Waals surface area contributed by atoms with E-state index in [1.165, 1.54) is 23.0 Å². The molecule has 0 bridgehead atoms. The molecule has 2 aromatic rings. The van der Waals surface area contributed by atoms with Crippen LogP contribution in [0.4, 0.5) is 10.5 Å². The molecular weight excluding hydrogens is 274 g/mol. The van der Waals surface area contributed by atoms with Crippen molar-refractivity contribution in [2.24, 2.45) is 0 Å². The molecule has 0 saturated carbocycles. The summed E-state index contributed by atoms with van der Waals surface area (Å²) in [5.41, 5.74) is 2.05. The summed E-state index contributed by atoms with van der Waals surface area (Å²) in [6.07, 6.45) is 2.35. The van der Waals surface area contributed by atoms with E-state index in [2.05, 4.69) is 4.98 Å². The lowest BCUT2D eigenvalue weighted by Gasteiger charge is -2.09. The number of aryl methyl sites for hydroxylation is 3. The van der Waals surface area contributed by atoms with Crippen LogP contribution >= 0.6 is 0 Å². The summed E-state index contributed by atoms with van der Waals surface area (Å²) in [4.78, 5) is 26.4. The number of nitro benzene ring substituents is 1. The van der Waals surface area contributed by atoms with E-state index in [-0.39, 0.29) is 12.3 Å². The van der Waals surface area contributed by atoms with Gasteiger partial charge in [0.15, 0.2) is 0 Å². The highest BCUT2D eigenvalue weighted by Crippen LogP contribution is 2.24. The van der Waals surface area contributed by atoms with Gasteiger partial charge in [-0.3, -0.25) is 10.1 Å². The Morgan fingerprint density at radius 2 is 2.00 bits per heavy atom. The van der Waals surface area contributed by atoms with Crippen molar-refractivity contribution in [3.63, 3.8) is 0 Å². The monoisotopic (exact) mass is 289 g/mol. The Morgan fingerprint density at radius 3 is 2.57 bits per heavy atom. The van der Waals surface area contributed by atoms with Crippen LogP contribution < -0.4 is 0 Å². The second kappa shape index (κ2) is 5.74. The molecule has 7 heteroatoms. The zero-order chi connectivity index (χ0) is 15.6. The van der Waals surface area contributed by atoms with Crippen LogP contribution in [0.1, 0.15) is 22.5 Å². The summed E-state index contributed by atoms with van der Waals surface area (Å²) in [5.74, 6) is 0.495. The van der Waals surface area contributed by atoms with Gasteiger partial charge in [0.2, 0.25) is 0 Å². The van der Waals surface area contributed by atoms with Gasteiger partial charge in [0.1, 0.15) is 12.4 Å². The molecule has 2 rings (SSSR count). The zero-order valence-electron chi connectivity index (χ0n) is 12.0. The van der Waals surface area contributed by atoms with Gasteiger partial charge in [-0.05, 0) is 38.0 Å². The Kier molecular flexibility index (Phi) is 4.02. The van der Waals surface area contributed by atoms with E-state index in [1.54, 1.807) is 19.9 Å². The first-order valence-electron chi connectivity index (χ1n) is 6.31. The lowest BCUT2D eigenvalue weighted by Crippen LogP contribution is -2.14. The Hall–Kier alpha value is -2.70. The molecule has 1 aromatic carbocycles. The first kappa shape index (κ1) is 14.7. The molecule has 0 unspecified atom stereocenters. The van der Waals surface area contributed by atoms with Crippen molar-refractivity contribution in [1.82, 2.24) is 9.55 Å². The predicted octanol–water partition coefficient (Wildman–Crippen LogP) is 2.90. The molecule has 0 aliphatic rings. The maximum Gasteiger partial charge on any atom is 0.419 e. The van der Waals surface area contributed by atoms with Crippen LogP contribution in [-0.4, -0.2) is 20.6 Å². The first-order chi connectivity index (χ1) is 9.90. The van der Waals surface area contributed by atoms with Gasteiger partial charge in [-0.25, -0.2) is 14.3 Å². The van der Waals surface area contributed by atoms with Crippen LogP contribution in [0.3, 0.4) is 0 Å². The average molecular weight is 289 g/mol. The van der Waals surface area contributed by atoms with E-state index in [0.29, 0.717) is 11.4 Å². The highest BCUT2D eigenvalue weighted by Gasteiger charge is 2.17. The molecule has 0 saturated heterocycles. The fourth-order valence-electron chi connectivity index (χ4n) is 1.93. The molecule has 1 aromatic heterocycles. The number of hydrogen-bond donors (Lipinski definition) is 0. The number of carbonyl (C=O) groups excluding carboxylic acids is 1. The minimum Gasteiger partial charge on any atom is -0.444 e. The van der Waals surface area contributed by atoms with Gasteiger partial charge in [0.05, 0.1) is 10.5 Å². The maximum atomic E-state index is 11.9. The number of nitro groups is 1. The highest BCUT2D eigenvalue weighted by molar-refractivity contribution is 5.71. The molecule has 7 nitrogen and oxygen atoms in total. The fraction of sp³-hybridized carbons (Fsp3) is 0.286. The van der Waals surface area contributed by atoms with E-state index in [4.69, 9.17) is 4.74 Å². The summed E-state index contributed by atoms with van der Waals surface area (Å²) in [6, 6.07) is 3.16. The predicted molar refractivity (Wildman–Crippen MR) is 75.1 cm³/mol. The third kappa shape index (κ3) is 3.07. The van der Waals surface area contributed by atoms with Crippen molar-refractivity contribution in [3.05, 3.63) is 57.2 Å². The largest absolute Gasteiger partial charge is 0.444 e. The summed E-state index contributed by atoms with van der Waals surface area (Å²) in [6.45, 7) is 5.16. The fourth-order valence-corrected chi connectivity index (χ4v) is 1.93. The van der Waals surface area contributed by atoms with Gasteiger partial charge >= 0.3 is 6.09 Å². The molecule has 0 atom stereocenters. The summed E-state index contributed by atoms with van der Waals surface area (Å²) in [7, 11) is 0. The van der Waals surface area contributed by atoms with E-state index < -0.39 is 11.0 Å². The van der Waals surface area contributed by atoms with Crippen LogP contribution in [0.2, 0.25) is 0 Å². The van der Waals surface area contributed by atoms with Crippen molar-refractivity contribution in [2.45, 2.75) is 27.4 Å². The van der Waals surface area contributed by atoms with Crippen molar-refractivity contribution in [2.75, 3.05) is 0 Å². The number of benzene rings is 1. The maximum absolute atomic E-state index is 11.9. The van der Waals surface area contributed by atoms with Crippen LogP contribution in [0.5, 0.6) is 0 Å². The zero-order valence-corrected chi connectivity index (χ0v) is 12.0. The van der Waals surface area contributed by atoms with Crippen LogP contribution in [0.15, 0.2) is 24.5 Å². The molecule has 0 radical (unpaired) electrons. The quantitative estimate of drug-likeness (QED) is 0.640. The number of nitrogens with zero attached hydrogens (tertiary/aromatic N) is 3. The van der Waals surface area contributed by atoms with Gasteiger partial charge in [-0.15, -0.1) is 0 Å². The van der Waals surface area contributed by atoms with Crippen LogP contribution in [0, 0.1) is 30.9 Å². The average Bonchev–Trinajstić information content (AvgIpc) is 2.85. The Bertz CT molecular complexity index is 706. The third-order valence-corrected chi connectivity index (χ3v) is 3.27. The molecule has 1 heterocycles. The molecule has 110 valence electrons. The van der Waals surface area contributed by atoms with Gasteiger partial charge in [0, 0.05) is 18.5 Å². The van der Waals surface area contributed by atoms with Gasteiger partial charge in [-0.2, -0.15) is 0 Å². The summed E-state index contributed by atoms with van der Waals surface area (Å²) in [5, 5.41) is 11.1. The molecule has 0 aliphatic heterocycles. The van der Waals surface area contributed by atoms with E-state index in [9.17, 15) is 14.9 Å². The SMILES string of the molecule is Cc1cc(COC(=O)n2ccnc2C)c([N+](=O)[O-])cc1C. The third-order valence-electron chi connectivity index (χ3n) is 3.27. The van der Waals surface area contributed by atoms with E-state index in [1.807, 2.05) is 6.92 Å². The summed E-state index contributed by atoms with van der Waals surface area (Å²) < 4.78 is 6.36. The molecule has 21 heavy (non-hydrogen) atoms. The lowest BCUT2D eigenvalue weighted by molar-refractivity contribution is -0.385. The minimum atomic E-state index is -0.613. The summed E-state index contributed by atoms with van der Waals surface area (Å²) >= 11 is 0. The molecule has 0 aliphatic carbocycles. The molecule has 0 spiro atoms. The second-order valence-electron chi connectivity index (χ2n) is 4.72. The second-order valence-corrected chi connectivity index (χ2v) is 4.72. The Morgan fingerprint density at radius 1 is 1.33 bits per heavy atom. The van der Waals surface area contributed by atoms with E-state index in [0.717, 1.165) is 11.1 Å². The van der Waals surface area contributed by atoms with E-state index >= 15 is 0 Å². The van der Waals surface area contributed by atoms with Crippen LogP contribution in [0.25, 0.3) is 0 Å². The number of rotatable bonds is 3. The normalized spacial score (nSPS) is 10.4. The van der Waals surface area contributed by atoms with Crippen molar-refractivity contribution < 1.29 is 14.5 Å².